The van der Waals surface area contributed by atoms with E-state index in [-0.39, 0.29) is 28.3 Å². The molecule has 0 saturated heterocycles. The van der Waals surface area contributed by atoms with E-state index in [2.05, 4.69) is 45.7 Å². The molecule has 4 rings (SSSR count). The van der Waals surface area contributed by atoms with E-state index in [1.807, 2.05) is 32.1 Å². The van der Waals surface area contributed by atoms with Crippen LogP contribution >= 0.6 is 0 Å². The average molecular weight is 463 g/mol. The first-order valence-corrected chi connectivity index (χ1v) is 12.6. The van der Waals surface area contributed by atoms with Gasteiger partial charge in [-0.05, 0) is 49.2 Å². The Labute approximate surface area is 203 Å². The molecule has 1 saturated carbocycles. The van der Waals surface area contributed by atoms with E-state index in [1.54, 1.807) is 6.20 Å². The number of hydrogen-bond donors (Lipinski definition) is 0. The molecule has 5 nitrogen and oxygen atoms in total. The van der Waals surface area contributed by atoms with Gasteiger partial charge in [0.1, 0.15) is 11.3 Å². The summed E-state index contributed by atoms with van der Waals surface area (Å²) in [4.78, 5) is 35.2. The molecule has 3 atom stereocenters. The van der Waals surface area contributed by atoms with Crippen molar-refractivity contribution in [3.63, 3.8) is 0 Å². The minimum Gasteiger partial charge on any atom is -0.451 e. The van der Waals surface area contributed by atoms with Gasteiger partial charge in [0.2, 0.25) is 5.78 Å². The van der Waals surface area contributed by atoms with Crippen LogP contribution in [0.1, 0.15) is 90.3 Å². The number of furan rings is 1. The van der Waals surface area contributed by atoms with Crippen LogP contribution in [0.4, 0.5) is 0 Å². The Morgan fingerprint density at radius 2 is 1.91 bits per heavy atom. The van der Waals surface area contributed by atoms with Gasteiger partial charge in [-0.15, -0.1) is 0 Å². The molecule has 0 amide bonds. The number of nitrogens with zero attached hydrogens (tertiary/aromatic N) is 2. The SMILES string of the molecule is CCC(=O)C1(C)C=CC(C2CCC(C(=O)c3cc4nccc(C(C)(C)C)c4o3)C(C)(C)C2)=NC1. The minimum absolute atomic E-state index is 0.0727. The quantitative estimate of drug-likeness (QED) is 0.461. The number of carbonyl (C=O) groups excluding carboxylic acids is 2. The number of Topliss-reactive ketones (excluding diaryl/α,β-unsaturated/α-hetero) is 2. The number of hydrogen-bond acceptors (Lipinski definition) is 5. The van der Waals surface area contributed by atoms with E-state index in [0.29, 0.717) is 24.6 Å². The predicted octanol–water partition coefficient (Wildman–Crippen LogP) is 6.75. The molecule has 1 aliphatic heterocycles. The van der Waals surface area contributed by atoms with Crippen molar-refractivity contribution in [2.45, 2.75) is 79.6 Å². The van der Waals surface area contributed by atoms with E-state index in [9.17, 15) is 9.59 Å². The largest absolute Gasteiger partial charge is 0.451 e. The van der Waals surface area contributed by atoms with E-state index in [1.165, 1.54) is 0 Å². The molecule has 2 aromatic rings. The molecule has 0 spiro atoms. The number of dihydropyridines is 1. The van der Waals surface area contributed by atoms with Crippen LogP contribution in [0.5, 0.6) is 0 Å². The lowest BCUT2D eigenvalue weighted by molar-refractivity contribution is -0.124. The predicted molar refractivity (Wildman–Crippen MR) is 136 cm³/mol. The Kier molecular flexibility index (Phi) is 6.20. The van der Waals surface area contributed by atoms with Gasteiger partial charge in [-0.3, -0.25) is 19.6 Å². The first-order valence-electron chi connectivity index (χ1n) is 12.6. The van der Waals surface area contributed by atoms with Gasteiger partial charge in [0.05, 0.1) is 12.0 Å². The Bertz CT molecular complexity index is 1180. The highest BCUT2D eigenvalue weighted by Gasteiger charge is 2.43. The number of rotatable bonds is 5. The van der Waals surface area contributed by atoms with Crippen LogP contribution in [-0.4, -0.2) is 28.8 Å². The molecule has 1 fully saturated rings. The van der Waals surface area contributed by atoms with Crippen LogP contribution in [0.2, 0.25) is 0 Å². The fourth-order valence-corrected chi connectivity index (χ4v) is 5.68. The summed E-state index contributed by atoms with van der Waals surface area (Å²) in [6, 6.07) is 3.79. The van der Waals surface area contributed by atoms with E-state index in [4.69, 9.17) is 9.41 Å². The lowest BCUT2D eigenvalue weighted by Crippen LogP contribution is -2.40. The third kappa shape index (κ3) is 4.42. The maximum absolute atomic E-state index is 13.6. The van der Waals surface area contributed by atoms with E-state index >= 15 is 0 Å². The number of aliphatic imine (C=N–C) groups is 1. The Morgan fingerprint density at radius 3 is 2.50 bits per heavy atom. The normalized spacial score (nSPS) is 27.0. The van der Waals surface area contributed by atoms with Crippen LogP contribution in [-0.2, 0) is 10.2 Å². The van der Waals surface area contributed by atoms with Crippen molar-refractivity contribution >= 4 is 28.4 Å². The van der Waals surface area contributed by atoms with Crippen molar-refractivity contribution in [1.82, 2.24) is 4.98 Å². The van der Waals surface area contributed by atoms with Crippen LogP contribution in [0, 0.1) is 22.7 Å². The third-order valence-electron chi connectivity index (χ3n) is 7.89. The fourth-order valence-electron chi connectivity index (χ4n) is 5.68. The molecule has 34 heavy (non-hydrogen) atoms. The second kappa shape index (κ2) is 8.58. The van der Waals surface area contributed by atoms with E-state index in [0.717, 1.165) is 41.6 Å². The monoisotopic (exact) mass is 462 g/mol. The maximum Gasteiger partial charge on any atom is 0.201 e. The zero-order chi connectivity index (χ0) is 24.9. The summed E-state index contributed by atoms with van der Waals surface area (Å²) in [7, 11) is 0. The van der Waals surface area contributed by atoms with Crippen molar-refractivity contribution in [2.24, 2.45) is 27.7 Å². The zero-order valence-corrected chi connectivity index (χ0v) is 21.7. The van der Waals surface area contributed by atoms with Crippen molar-refractivity contribution in [1.29, 1.82) is 0 Å². The van der Waals surface area contributed by atoms with Gasteiger partial charge in [0, 0.05) is 41.8 Å². The molecule has 3 unspecified atom stereocenters. The molecule has 0 radical (unpaired) electrons. The van der Waals surface area contributed by atoms with E-state index < -0.39 is 5.41 Å². The molecule has 182 valence electrons. The van der Waals surface area contributed by atoms with Gasteiger partial charge >= 0.3 is 0 Å². The first-order chi connectivity index (χ1) is 15.9. The maximum atomic E-state index is 13.6. The number of carbonyl (C=O) groups is 2. The number of allylic oxidation sites excluding steroid dienone is 1. The van der Waals surface area contributed by atoms with Gasteiger partial charge in [-0.25, -0.2) is 0 Å². The van der Waals surface area contributed by atoms with Gasteiger partial charge in [-0.1, -0.05) is 47.6 Å². The highest BCUT2D eigenvalue weighted by atomic mass is 16.3. The number of fused-ring (bicyclic) bond motifs is 1. The molecule has 5 heteroatoms. The average Bonchev–Trinajstić information content (AvgIpc) is 3.21. The summed E-state index contributed by atoms with van der Waals surface area (Å²) in [5.74, 6) is 0.920. The lowest BCUT2D eigenvalue weighted by atomic mass is 9.62. The van der Waals surface area contributed by atoms with Crippen LogP contribution in [0.25, 0.3) is 11.1 Å². The summed E-state index contributed by atoms with van der Waals surface area (Å²) < 4.78 is 6.15. The summed E-state index contributed by atoms with van der Waals surface area (Å²) in [5, 5.41) is 0. The molecule has 2 aromatic heterocycles. The molecular formula is C29H38N2O3. The second-order valence-corrected chi connectivity index (χ2v) is 12.1. The second-order valence-electron chi connectivity index (χ2n) is 12.1. The molecule has 3 heterocycles. The van der Waals surface area contributed by atoms with Crippen molar-refractivity contribution in [3.8, 4) is 0 Å². The first kappa shape index (κ1) is 24.6. The minimum atomic E-state index is -0.484. The van der Waals surface area contributed by atoms with Crippen LogP contribution in [0.3, 0.4) is 0 Å². The molecule has 0 bridgehead atoms. The van der Waals surface area contributed by atoms with Crippen LogP contribution < -0.4 is 0 Å². The van der Waals surface area contributed by atoms with Crippen LogP contribution in [0.15, 0.2) is 39.9 Å². The summed E-state index contributed by atoms with van der Waals surface area (Å²) in [5.41, 5.74) is 2.84. The third-order valence-corrected chi connectivity index (χ3v) is 7.89. The number of pyridine rings is 1. The molecule has 1 aliphatic carbocycles. The number of ketones is 2. The Balaban J connectivity index is 1.52. The van der Waals surface area contributed by atoms with Gasteiger partial charge in [-0.2, -0.15) is 0 Å². The topological polar surface area (TPSA) is 72.5 Å². The molecular weight excluding hydrogens is 424 g/mol. The lowest BCUT2D eigenvalue weighted by Gasteiger charge is -2.42. The molecule has 0 aromatic carbocycles. The van der Waals surface area contributed by atoms with Gasteiger partial charge in [0.25, 0.3) is 0 Å². The highest BCUT2D eigenvalue weighted by molar-refractivity contribution is 6.01. The molecule has 0 N–H and O–H groups in total. The van der Waals surface area contributed by atoms with Gasteiger partial charge < -0.3 is 4.42 Å². The molecule has 2 aliphatic rings. The standard InChI is InChI=1S/C29H38N2O3/c1-8-24(32)29(7)13-11-21(31-17-29)18-9-10-19(28(5,6)16-18)25(33)23-15-22-26(34-23)20(12-14-30-22)27(2,3)4/h11-15,18-19H,8-10,16-17H2,1-7H3. The van der Waals surface area contributed by atoms with Crippen molar-refractivity contribution in [2.75, 3.05) is 6.54 Å². The zero-order valence-electron chi connectivity index (χ0n) is 21.7. The summed E-state index contributed by atoms with van der Waals surface area (Å²) in [6.07, 6.45) is 9.01. The van der Waals surface area contributed by atoms with Gasteiger partial charge in [0.15, 0.2) is 11.3 Å². The summed E-state index contributed by atoms with van der Waals surface area (Å²) >= 11 is 0. The fraction of sp³-hybridized carbons (Fsp3) is 0.586. The van der Waals surface area contributed by atoms with Crippen molar-refractivity contribution in [3.05, 3.63) is 41.8 Å². The number of aromatic nitrogens is 1. The van der Waals surface area contributed by atoms with Crippen molar-refractivity contribution < 1.29 is 14.0 Å². The summed E-state index contributed by atoms with van der Waals surface area (Å²) in [6.45, 7) is 15.2. The Morgan fingerprint density at radius 1 is 1.18 bits per heavy atom. The highest BCUT2D eigenvalue weighted by Crippen LogP contribution is 2.46. The smallest absolute Gasteiger partial charge is 0.201 e. The Hall–Kier alpha value is -2.56.